The fraction of sp³-hybridized carbons (Fsp3) is 0.533. The molecule has 1 fully saturated rings. The number of nitrogens with one attached hydrogen (secondary N) is 1. The van der Waals surface area contributed by atoms with Gasteiger partial charge in [0.25, 0.3) is 0 Å². The zero-order valence-electron chi connectivity index (χ0n) is 12.7. The van der Waals surface area contributed by atoms with Crippen LogP contribution in [0.5, 0.6) is 0 Å². The average molecular weight is 485 g/mol. The van der Waals surface area contributed by atoms with Gasteiger partial charge in [-0.15, -0.1) is 24.0 Å². The smallest absolute Gasteiger partial charge is 0.188 e. The van der Waals surface area contributed by atoms with Gasteiger partial charge in [0.15, 0.2) is 5.96 Å². The number of guanidine groups is 1. The first kappa shape index (κ1) is 19.6. The van der Waals surface area contributed by atoms with Gasteiger partial charge in [0.2, 0.25) is 0 Å². The number of nitrogens with two attached hydrogens (primary N) is 1. The van der Waals surface area contributed by atoms with E-state index < -0.39 is 0 Å². The molecule has 22 heavy (non-hydrogen) atoms. The van der Waals surface area contributed by atoms with Gasteiger partial charge in [-0.25, -0.2) is 9.38 Å². The lowest BCUT2D eigenvalue weighted by molar-refractivity contribution is 0.267. The molecule has 1 aromatic rings. The molecule has 124 valence electrons. The number of hydrogen-bond acceptors (Lipinski definition) is 2. The van der Waals surface area contributed by atoms with E-state index >= 15 is 0 Å². The summed E-state index contributed by atoms with van der Waals surface area (Å²) >= 11 is 3.13. The van der Waals surface area contributed by atoms with Gasteiger partial charge in [0.1, 0.15) is 5.82 Å². The van der Waals surface area contributed by atoms with E-state index in [-0.39, 0.29) is 29.8 Å². The van der Waals surface area contributed by atoms with E-state index in [0.717, 1.165) is 25.2 Å². The zero-order valence-corrected chi connectivity index (χ0v) is 16.6. The molecule has 1 aromatic carbocycles. The summed E-state index contributed by atoms with van der Waals surface area (Å²) in [7, 11) is 0. The molecule has 0 spiro atoms. The first-order valence-electron chi connectivity index (χ1n) is 7.32. The summed E-state index contributed by atoms with van der Waals surface area (Å²) in [6.45, 7) is 5.61. The van der Waals surface area contributed by atoms with Gasteiger partial charge in [0, 0.05) is 12.6 Å². The van der Waals surface area contributed by atoms with Crippen LogP contribution in [0.2, 0.25) is 0 Å². The van der Waals surface area contributed by atoms with E-state index in [2.05, 4.69) is 38.1 Å². The van der Waals surface area contributed by atoms with Crippen molar-refractivity contribution in [3.8, 4) is 0 Å². The Morgan fingerprint density at radius 1 is 1.55 bits per heavy atom. The quantitative estimate of drug-likeness (QED) is 0.383. The van der Waals surface area contributed by atoms with Crippen LogP contribution in [0.3, 0.4) is 0 Å². The molecule has 1 heterocycles. The maximum Gasteiger partial charge on any atom is 0.188 e. The molecule has 1 aliphatic rings. The molecule has 2 rings (SSSR count). The Hall–Kier alpha value is -0.410. The molecule has 1 aliphatic heterocycles. The Morgan fingerprint density at radius 2 is 2.32 bits per heavy atom. The summed E-state index contributed by atoms with van der Waals surface area (Å²) in [6, 6.07) is 5.52. The maximum absolute atomic E-state index is 13.4. The van der Waals surface area contributed by atoms with E-state index in [1.54, 1.807) is 6.07 Å². The normalized spacial score (nSPS) is 19.0. The average Bonchev–Trinajstić information content (AvgIpc) is 2.94. The van der Waals surface area contributed by atoms with E-state index in [9.17, 15) is 4.39 Å². The molecule has 0 bridgehead atoms. The number of likely N-dealkylation sites (N-methyl/N-ethyl adjacent to an activating group) is 1. The minimum atomic E-state index is -0.279. The van der Waals surface area contributed by atoms with Crippen LogP contribution in [0.4, 0.5) is 4.39 Å². The van der Waals surface area contributed by atoms with E-state index in [1.165, 1.54) is 18.9 Å². The number of aliphatic imine (C=N–C) groups is 1. The topological polar surface area (TPSA) is 53.6 Å². The molecule has 1 saturated heterocycles. The van der Waals surface area contributed by atoms with Gasteiger partial charge in [-0.3, -0.25) is 4.90 Å². The second-order valence-electron chi connectivity index (χ2n) is 5.26. The lowest BCUT2D eigenvalue weighted by Crippen LogP contribution is -2.42. The Bertz CT molecular complexity index is 512. The molecular formula is C15H23BrFIN4. The van der Waals surface area contributed by atoms with Crippen LogP contribution in [-0.2, 0) is 6.54 Å². The van der Waals surface area contributed by atoms with Crippen molar-refractivity contribution in [3.05, 3.63) is 34.1 Å². The van der Waals surface area contributed by atoms with Crippen LogP contribution in [-0.4, -0.2) is 36.5 Å². The Morgan fingerprint density at radius 3 is 3.00 bits per heavy atom. The zero-order chi connectivity index (χ0) is 15.2. The van der Waals surface area contributed by atoms with Gasteiger partial charge in [0.05, 0.1) is 11.0 Å². The van der Waals surface area contributed by atoms with Gasteiger partial charge < -0.3 is 11.1 Å². The molecular weight excluding hydrogens is 462 g/mol. The van der Waals surface area contributed by atoms with E-state index in [0.29, 0.717) is 23.0 Å². The first-order chi connectivity index (χ1) is 10.1. The SMILES string of the molecule is CCN1CCCC1CNC(N)=NCc1ccc(Br)c(F)c1.I. The first-order valence-corrected chi connectivity index (χ1v) is 8.11. The second-order valence-corrected chi connectivity index (χ2v) is 6.11. The largest absolute Gasteiger partial charge is 0.370 e. The maximum atomic E-state index is 13.4. The number of rotatable bonds is 5. The van der Waals surface area contributed by atoms with Crippen molar-refractivity contribution < 1.29 is 4.39 Å². The van der Waals surface area contributed by atoms with E-state index in [4.69, 9.17) is 5.73 Å². The monoisotopic (exact) mass is 484 g/mol. The van der Waals surface area contributed by atoms with E-state index in [1.807, 2.05) is 6.07 Å². The second kappa shape index (κ2) is 9.67. The van der Waals surface area contributed by atoms with Crippen molar-refractivity contribution in [2.45, 2.75) is 32.4 Å². The standard InChI is InChI=1S/C15H22BrFN4.HI/c1-2-21-7-3-4-12(21)10-20-15(18)19-9-11-5-6-13(16)14(17)8-11;/h5-6,8,12H,2-4,7,9-10H2,1H3,(H3,18,19,20);1H. The third-order valence-corrected chi connectivity index (χ3v) is 4.48. The minimum Gasteiger partial charge on any atom is -0.370 e. The van der Waals surface area contributed by atoms with Crippen LogP contribution >= 0.6 is 39.9 Å². The summed E-state index contributed by atoms with van der Waals surface area (Å²) in [4.78, 5) is 6.71. The van der Waals surface area contributed by atoms with Crippen molar-refractivity contribution in [2.75, 3.05) is 19.6 Å². The summed E-state index contributed by atoms with van der Waals surface area (Å²) in [5.41, 5.74) is 6.67. The summed E-state index contributed by atoms with van der Waals surface area (Å²) < 4.78 is 13.9. The summed E-state index contributed by atoms with van der Waals surface area (Å²) in [5, 5.41) is 3.17. The van der Waals surface area contributed by atoms with Crippen LogP contribution in [0, 0.1) is 5.82 Å². The third kappa shape index (κ3) is 5.66. The lowest BCUT2D eigenvalue weighted by atomic mass is 10.2. The predicted molar refractivity (Wildman–Crippen MR) is 103 cm³/mol. The lowest BCUT2D eigenvalue weighted by Gasteiger charge is -2.23. The molecule has 7 heteroatoms. The number of likely N-dealkylation sites (tertiary alicyclic amines) is 1. The highest BCUT2D eigenvalue weighted by molar-refractivity contribution is 14.0. The van der Waals surface area contributed by atoms with Gasteiger partial charge >= 0.3 is 0 Å². The van der Waals surface area contributed by atoms with Crippen LogP contribution in [0.1, 0.15) is 25.3 Å². The highest BCUT2D eigenvalue weighted by Gasteiger charge is 2.22. The molecule has 1 atom stereocenters. The Labute approximate surface area is 156 Å². The highest BCUT2D eigenvalue weighted by Crippen LogP contribution is 2.17. The fourth-order valence-corrected chi connectivity index (χ4v) is 2.88. The minimum absolute atomic E-state index is 0. The number of nitrogens with zero attached hydrogens (tertiary/aromatic N) is 2. The van der Waals surface area contributed by atoms with Crippen LogP contribution in [0.15, 0.2) is 27.7 Å². The molecule has 0 radical (unpaired) electrons. The van der Waals surface area contributed by atoms with Gasteiger partial charge in [-0.2, -0.15) is 0 Å². The predicted octanol–water partition coefficient (Wildman–Crippen LogP) is 3.09. The molecule has 1 unspecified atom stereocenters. The third-order valence-electron chi connectivity index (χ3n) is 3.84. The summed E-state index contributed by atoms with van der Waals surface area (Å²) in [5.74, 6) is 0.139. The van der Waals surface area contributed by atoms with Crippen molar-refractivity contribution in [1.82, 2.24) is 10.2 Å². The van der Waals surface area contributed by atoms with Gasteiger partial charge in [-0.05, 0) is 59.6 Å². The molecule has 0 aromatic heterocycles. The van der Waals surface area contributed by atoms with Crippen molar-refractivity contribution >= 4 is 45.9 Å². The summed E-state index contributed by atoms with van der Waals surface area (Å²) in [6.07, 6.45) is 2.45. The highest BCUT2D eigenvalue weighted by atomic mass is 127. The molecule has 0 aliphatic carbocycles. The van der Waals surface area contributed by atoms with Crippen molar-refractivity contribution in [3.63, 3.8) is 0 Å². The Balaban J connectivity index is 0.00000242. The number of benzene rings is 1. The number of halogens is 3. The molecule has 0 saturated carbocycles. The fourth-order valence-electron chi connectivity index (χ4n) is 2.64. The van der Waals surface area contributed by atoms with Gasteiger partial charge in [-0.1, -0.05) is 13.0 Å². The number of hydrogen-bond donors (Lipinski definition) is 2. The van der Waals surface area contributed by atoms with Crippen LogP contribution in [0.25, 0.3) is 0 Å². The molecule has 4 nitrogen and oxygen atoms in total. The van der Waals surface area contributed by atoms with Crippen molar-refractivity contribution in [1.29, 1.82) is 0 Å². The van der Waals surface area contributed by atoms with Crippen molar-refractivity contribution in [2.24, 2.45) is 10.7 Å². The Kier molecular flexibility index (Phi) is 8.63. The molecule has 3 N–H and O–H groups in total. The molecule has 0 amide bonds. The van der Waals surface area contributed by atoms with Crippen LogP contribution < -0.4 is 11.1 Å².